The van der Waals surface area contributed by atoms with Crippen molar-refractivity contribution in [2.24, 2.45) is 0 Å². The van der Waals surface area contributed by atoms with Gasteiger partial charge in [-0.05, 0) is 44.2 Å². The number of methoxy groups -OCH3 is 2. The largest absolute Gasteiger partial charge is 0.493 e. The summed E-state index contributed by atoms with van der Waals surface area (Å²) in [7, 11) is 3.14. The number of hydrogen-bond donors (Lipinski definition) is 1. The number of Topliss-reactive ketones (excluding diaryl/α,β-unsaturated/α-hetero) is 1. The predicted molar refractivity (Wildman–Crippen MR) is 134 cm³/mol. The highest BCUT2D eigenvalue weighted by Gasteiger charge is 2.43. The summed E-state index contributed by atoms with van der Waals surface area (Å²) < 4.78 is 17.0. The van der Waals surface area contributed by atoms with E-state index in [4.69, 9.17) is 14.2 Å². The zero-order valence-corrected chi connectivity index (χ0v) is 21.0. The maximum absolute atomic E-state index is 13.8. The molecule has 1 N–H and O–H groups in total. The Kier molecular flexibility index (Phi) is 7.29. The summed E-state index contributed by atoms with van der Waals surface area (Å²) >= 11 is 0. The van der Waals surface area contributed by atoms with Crippen LogP contribution in [-0.4, -0.2) is 32.1 Å². The Labute approximate surface area is 207 Å². The number of dihydropyridines is 1. The Morgan fingerprint density at radius 1 is 1.06 bits per heavy atom. The Hall–Kier alpha value is -3.54. The van der Waals surface area contributed by atoms with E-state index in [1.807, 2.05) is 51.1 Å². The molecule has 0 unspecified atom stereocenters. The summed E-state index contributed by atoms with van der Waals surface area (Å²) in [5.74, 6) is 0.102. The second-order valence-corrected chi connectivity index (χ2v) is 9.13. The molecule has 6 heteroatoms. The van der Waals surface area contributed by atoms with Gasteiger partial charge in [-0.15, -0.1) is 0 Å². The van der Waals surface area contributed by atoms with E-state index in [1.54, 1.807) is 20.3 Å². The van der Waals surface area contributed by atoms with Gasteiger partial charge in [0.25, 0.3) is 0 Å². The molecule has 2 aromatic carbocycles. The van der Waals surface area contributed by atoms with Crippen molar-refractivity contribution in [3.8, 4) is 11.5 Å². The van der Waals surface area contributed by atoms with Crippen LogP contribution in [-0.2, 0) is 14.3 Å². The standard InChI is InChI=1S/C29H33NO5/c1-6-17(2)35-29(32)25-18(3)30-22-15-20(19-11-8-7-9-12-19)16-23(31)27(22)26(25)21-13-10-14-24(33-4)28(21)34-5/h7-14,17,20,26,30H,6,15-16H2,1-5H3/t17-,20+,26-/m0/s1. The van der Waals surface area contributed by atoms with Gasteiger partial charge in [0.05, 0.1) is 31.8 Å². The lowest BCUT2D eigenvalue weighted by atomic mass is 9.71. The molecule has 1 heterocycles. The van der Waals surface area contributed by atoms with E-state index in [-0.39, 0.29) is 17.8 Å². The van der Waals surface area contributed by atoms with E-state index >= 15 is 0 Å². The van der Waals surface area contributed by atoms with Crippen LogP contribution in [0.2, 0.25) is 0 Å². The lowest BCUT2D eigenvalue weighted by molar-refractivity contribution is -0.144. The second kappa shape index (κ2) is 10.4. The fourth-order valence-electron chi connectivity index (χ4n) is 5.05. The van der Waals surface area contributed by atoms with E-state index < -0.39 is 11.9 Å². The molecule has 35 heavy (non-hydrogen) atoms. The Morgan fingerprint density at radius 3 is 2.46 bits per heavy atom. The monoisotopic (exact) mass is 475 g/mol. The lowest BCUT2D eigenvalue weighted by Gasteiger charge is -2.37. The van der Waals surface area contributed by atoms with Gasteiger partial charge < -0.3 is 19.5 Å². The maximum Gasteiger partial charge on any atom is 0.337 e. The van der Waals surface area contributed by atoms with Crippen LogP contribution >= 0.6 is 0 Å². The number of allylic oxidation sites excluding steroid dienone is 3. The van der Waals surface area contributed by atoms with Crippen LogP contribution in [0.4, 0.5) is 0 Å². The average molecular weight is 476 g/mol. The van der Waals surface area contributed by atoms with Crippen molar-refractivity contribution in [2.75, 3.05) is 14.2 Å². The van der Waals surface area contributed by atoms with Crippen LogP contribution in [0.25, 0.3) is 0 Å². The molecule has 0 amide bonds. The van der Waals surface area contributed by atoms with Crippen LogP contribution in [0.5, 0.6) is 11.5 Å². The minimum Gasteiger partial charge on any atom is -0.493 e. The number of carbonyl (C=O) groups excluding carboxylic acids is 2. The summed E-state index contributed by atoms with van der Waals surface area (Å²) in [5, 5.41) is 3.40. The van der Waals surface area contributed by atoms with Crippen molar-refractivity contribution in [1.29, 1.82) is 0 Å². The average Bonchev–Trinajstić information content (AvgIpc) is 2.87. The third-order valence-electron chi connectivity index (χ3n) is 6.95. The van der Waals surface area contributed by atoms with Crippen LogP contribution in [0.3, 0.4) is 0 Å². The molecular formula is C29H33NO5. The number of para-hydroxylation sites is 1. The van der Waals surface area contributed by atoms with Crippen molar-refractivity contribution in [2.45, 2.75) is 58.0 Å². The molecule has 0 saturated carbocycles. The summed E-state index contributed by atoms with van der Waals surface area (Å²) in [4.78, 5) is 27.2. The van der Waals surface area contributed by atoms with Gasteiger partial charge in [0.1, 0.15) is 0 Å². The zero-order valence-electron chi connectivity index (χ0n) is 21.0. The number of benzene rings is 2. The van der Waals surface area contributed by atoms with Crippen LogP contribution < -0.4 is 14.8 Å². The van der Waals surface area contributed by atoms with Crippen LogP contribution in [0.15, 0.2) is 71.1 Å². The van der Waals surface area contributed by atoms with Crippen LogP contribution in [0.1, 0.15) is 63.0 Å². The maximum atomic E-state index is 13.8. The number of ketones is 1. The Balaban J connectivity index is 1.86. The van der Waals surface area contributed by atoms with Crippen molar-refractivity contribution in [1.82, 2.24) is 5.32 Å². The molecule has 0 radical (unpaired) electrons. The highest BCUT2D eigenvalue weighted by molar-refractivity contribution is 6.04. The van der Waals surface area contributed by atoms with Crippen molar-refractivity contribution in [3.05, 3.63) is 82.2 Å². The molecule has 2 aromatic rings. The molecular weight excluding hydrogens is 442 g/mol. The molecule has 1 aliphatic carbocycles. The fraction of sp³-hybridized carbons (Fsp3) is 0.379. The molecule has 0 aromatic heterocycles. The minimum atomic E-state index is -0.614. The van der Waals surface area contributed by atoms with Gasteiger partial charge in [-0.2, -0.15) is 0 Å². The number of hydrogen-bond acceptors (Lipinski definition) is 6. The van der Waals surface area contributed by atoms with Crippen LogP contribution in [0, 0.1) is 0 Å². The molecule has 0 spiro atoms. The minimum absolute atomic E-state index is 0.0174. The van der Waals surface area contributed by atoms with E-state index in [0.29, 0.717) is 53.2 Å². The summed E-state index contributed by atoms with van der Waals surface area (Å²) in [6, 6.07) is 15.6. The quantitative estimate of drug-likeness (QED) is 0.540. The number of carbonyl (C=O) groups is 2. The molecule has 184 valence electrons. The zero-order chi connectivity index (χ0) is 25.1. The summed E-state index contributed by atoms with van der Waals surface area (Å²) in [6.45, 7) is 5.70. The lowest BCUT2D eigenvalue weighted by Crippen LogP contribution is -2.36. The Morgan fingerprint density at radius 2 is 1.80 bits per heavy atom. The molecule has 0 saturated heterocycles. The first-order valence-corrected chi connectivity index (χ1v) is 12.1. The van der Waals surface area contributed by atoms with Gasteiger partial charge in [0.2, 0.25) is 0 Å². The van der Waals surface area contributed by atoms with Crippen molar-refractivity contribution < 1.29 is 23.8 Å². The molecule has 1 aliphatic heterocycles. The molecule has 0 bridgehead atoms. The van der Waals surface area contributed by atoms with E-state index in [1.165, 1.54) is 0 Å². The topological polar surface area (TPSA) is 73.9 Å². The van der Waals surface area contributed by atoms with E-state index in [2.05, 4.69) is 17.4 Å². The fourth-order valence-corrected chi connectivity index (χ4v) is 5.05. The SMILES string of the molecule is CC[C@H](C)OC(=O)C1=C(C)NC2=C(C(=O)C[C@H](c3ccccc3)C2)[C@H]1c1cccc(OC)c1OC. The number of ether oxygens (including phenoxy) is 3. The van der Waals surface area contributed by atoms with E-state index in [0.717, 1.165) is 11.3 Å². The van der Waals surface area contributed by atoms with Gasteiger partial charge in [0, 0.05) is 29.0 Å². The first-order valence-electron chi connectivity index (χ1n) is 12.1. The first kappa shape index (κ1) is 24.6. The summed E-state index contributed by atoms with van der Waals surface area (Å²) in [6.07, 6.45) is 1.51. The first-order chi connectivity index (χ1) is 16.9. The molecule has 2 aliphatic rings. The van der Waals surface area contributed by atoms with Gasteiger partial charge in [-0.25, -0.2) is 4.79 Å². The van der Waals surface area contributed by atoms with Gasteiger partial charge >= 0.3 is 5.97 Å². The summed E-state index contributed by atoms with van der Waals surface area (Å²) in [5.41, 5.74) is 4.42. The third-order valence-corrected chi connectivity index (χ3v) is 6.95. The molecule has 0 fully saturated rings. The molecule has 4 rings (SSSR count). The molecule has 3 atom stereocenters. The number of esters is 1. The van der Waals surface area contributed by atoms with Gasteiger partial charge in [-0.3, -0.25) is 4.79 Å². The number of nitrogens with one attached hydrogen (secondary N) is 1. The highest BCUT2D eigenvalue weighted by atomic mass is 16.5. The van der Waals surface area contributed by atoms with Gasteiger partial charge in [-0.1, -0.05) is 49.4 Å². The van der Waals surface area contributed by atoms with E-state index in [9.17, 15) is 9.59 Å². The number of rotatable bonds is 7. The third kappa shape index (κ3) is 4.70. The second-order valence-electron chi connectivity index (χ2n) is 9.13. The van der Waals surface area contributed by atoms with Crippen molar-refractivity contribution >= 4 is 11.8 Å². The molecule has 6 nitrogen and oxygen atoms in total. The van der Waals surface area contributed by atoms with Crippen molar-refractivity contribution in [3.63, 3.8) is 0 Å². The normalized spacial score (nSPS) is 20.7. The predicted octanol–water partition coefficient (Wildman–Crippen LogP) is 5.41. The smallest absolute Gasteiger partial charge is 0.337 e. The Bertz CT molecular complexity index is 1180. The highest BCUT2D eigenvalue weighted by Crippen LogP contribution is 2.49. The van der Waals surface area contributed by atoms with Gasteiger partial charge in [0.15, 0.2) is 17.3 Å².